The lowest BCUT2D eigenvalue weighted by atomic mass is 9.85. The van der Waals surface area contributed by atoms with Gasteiger partial charge < -0.3 is 15.2 Å². The Hall–Kier alpha value is -0.430. The number of hydrogen-bond donors (Lipinski definition) is 2. The van der Waals surface area contributed by atoms with Crippen molar-refractivity contribution in [3.05, 3.63) is 12.2 Å². The molecule has 1 aliphatic rings. The van der Waals surface area contributed by atoms with Crippen LogP contribution in [0.25, 0.3) is 0 Å². The summed E-state index contributed by atoms with van der Waals surface area (Å²) in [5, 5.41) is 12.6. The maximum absolute atomic E-state index is 10.9. The zero-order chi connectivity index (χ0) is 15.0. The summed E-state index contributed by atoms with van der Waals surface area (Å²) in [6.07, 6.45) is 7.16. The monoisotopic (exact) mass is 305 g/mol. The maximum atomic E-state index is 10.9. The number of rotatable bonds is 9. The number of aliphatic hydroxyl groups excluding tert-OH is 1. The second-order valence-corrected chi connectivity index (χ2v) is 7.97. The van der Waals surface area contributed by atoms with Crippen molar-refractivity contribution in [1.82, 2.24) is 5.32 Å². The van der Waals surface area contributed by atoms with Crippen molar-refractivity contribution in [3.63, 3.8) is 0 Å². The molecule has 6 heteroatoms. The van der Waals surface area contributed by atoms with Crippen LogP contribution < -0.4 is 5.32 Å². The first-order valence-corrected chi connectivity index (χ1v) is 9.24. The summed E-state index contributed by atoms with van der Waals surface area (Å²) >= 11 is 0. The lowest BCUT2D eigenvalue weighted by Crippen LogP contribution is -2.34. The minimum Gasteiger partial charge on any atom is -0.389 e. The molecule has 2 N–H and O–H groups in total. The second kappa shape index (κ2) is 8.77. The van der Waals surface area contributed by atoms with Gasteiger partial charge in [-0.15, -0.1) is 0 Å². The molecule has 20 heavy (non-hydrogen) atoms. The third kappa shape index (κ3) is 7.99. The summed E-state index contributed by atoms with van der Waals surface area (Å²) in [4.78, 5) is 0. The average Bonchev–Trinajstić information content (AvgIpc) is 2.36. The van der Waals surface area contributed by atoms with Gasteiger partial charge >= 0.3 is 0 Å². The van der Waals surface area contributed by atoms with Gasteiger partial charge in [0, 0.05) is 19.3 Å². The highest BCUT2D eigenvalue weighted by molar-refractivity contribution is 7.90. The molecule has 0 aromatic rings. The molecule has 1 rings (SSSR count). The topological polar surface area (TPSA) is 75.6 Å². The van der Waals surface area contributed by atoms with Crippen LogP contribution in [-0.4, -0.2) is 57.9 Å². The van der Waals surface area contributed by atoms with Gasteiger partial charge in [-0.05, 0) is 24.7 Å². The molecule has 0 amide bonds. The largest absolute Gasteiger partial charge is 0.389 e. The van der Waals surface area contributed by atoms with E-state index < -0.39 is 15.9 Å². The first kappa shape index (κ1) is 17.6. The van der Waals surface area contributed by atoms with Crippen LogP contribution in [0.2, 0.25) is 0 Å². The molecule has 0 aromatic carbocycles. The normalized spacial score (nSPS) is 24.8. The fourth-order valence-corrected chi connectivity index (χ4v) is 2.69. The van der Waals surface area contributed by atoms with Crippen LogP contribution in [-0.2, 0) is 14.6 Å². The van der Waals surface area contributed by atoms with Crippen molar-refractivity contribution in [2.45, 2.75) is 25.9 Å². The van der Waals surface area contributed by atoms with Crippen molar-refractivity contribution < 1.29 is 18.3 Å². The van der Waals surface area contributed by atoms with Crippen LogP contribution in [0.4, 0.5) is 0 Å². The molecule has 0 aromatic heterocycles. The highest BCUT2D eigenvalue weighted by atomic mass is 32.2. The molecule has 0 bridgehead atoms. The van der Waals surface area contributed by atoms with Crippen molar-refractivity contribution in [2.24, 2.45) is 11.8 Å². The number of allylic oxidation sites excluding steroid dienone is 2. The number of aliphatic hydroxyl groups is 1. The predicted molar refractivity (Wildman–Crippen MR) is 80.4 cm³/mol. The molecule has 0 spiro atoms. The molecule has 3 unspecified atom stereocenters. The zero-order valence-corrected chi connectivity index (χ0v) is 13.2. The van der Waals surface area contributed by atoms with Crippen LogP contribution in [0, 0.1) is 11.8 Å². The molecule has 0 saturated heterocycles. The minimum atomic E-state index is -2.94. The summed E-state index contributed by atoms with van der Waals surface area (Å²) in [6.45, 7) is 3.90. The van der Waals surface area contributed by atoms with E-state index in [4.69, 9.17) is 4.74 Å². The van der Waals surface area contributed by atoms with Crippen LogP contribution in [0.3, 0.4) is 0 Å². The Bertz CT molecular complexity index is 394. The molecule has 0 radical (unpaired) electrons. The molecule has 0 fully saturated rings. The maximum Gasteiger partial charge on any atom is 0.148 e. The summed E-state index contributed by atoms with van der Waals surface area (Å²) in [5.74, 6) is 1.25. The molecular formula is C14H27NO4S. The Labute approximate surface area is 122 Å². The predicted octanol–water partition coefficient (Wildman–Crippen LogP) is 0.600. The van der Waals surface area contributed by atoms with E-state index in [1.807, 2.05) is 0 Å². The number of hydrogen-bond acceptors (Lipinski definition) is 5. The summed E-state index contributed by atoms with van der Waals surface area (Å²) in [7, 11) is -2.94. The molecule has 0 aliphatic heterocycles. The van der Waals surface area contributed by atoms with Crippen molar-refractivity contribution >= 4 is 9.84 Å². The Balaban J connectivity index is 2.05. The molecular weight excluding hydrogens is 278 g/mol. The number of nitrogens with one attached hydrogen (secondary N) is 1. The van der Waals surface area contributed by atoms with E-state index >= 15 is 0 Å². The van der Waals surface area contributed by atoms with Crippen molar-refractivity contribution in [3.8, 4) is 0 Å². The summed E-state index contributed by atoms with van der Waals surface area (Å²) in [5.41, 5.74) is 0. The average molecular weight is 305 g/mol. The van der Waals surface area contributed by atoms with E-state index in [0.29, 0.717) is 38.1 Å². The Morgan fingerprint density at radius 3 is 2.75 bits per heavy atom. The van der Waals surface area contributed by atoms with Crippen molar-refractivity contribution in [1.29, 1.82) is 0 Å². The van der Waals surface area contributed by atoms with Crippen LogP contribution in [0.5, 0.6) is 0 Å². The quantitative estimate of drug-likeness (QED) is 0.482. The van der Waals surface area contributed by atoms with E-state index in [-0.39, 0.29) is 5.75 Å². The van der Waals surface area contributed by atoms with Gasteiger partial charge in [0.15, 0.2) is 0 Å². The third-order valence-electron chi connectivity index (χ3n) is 3.59. The van der Waals surface area contributed by atoms with E-state index in [0.717, 1.165) is 12.8 Å². The molecule has 3 atom stereocenters. The van der Waals surface area contributed by atoms with E-state index in [1.165, 1.54) is 6.26 Å². The van der Waals surface area contributed by atoms with Gasteiger partial charge in [0.2, 0.25) is 0 Å². The van der Waals surface area contributed by atoms with Gasteiger partial charge in [-0.1, -0.05) is 19.1 Å². The Morgan fingerprint density at radius 2 is 2.10 bits per heavy atom. The lowest BCUT2D eigenvalue weighted by Gasteiger charge is -2.25. The zero-order valence-electron chi connectivity index (χ0n) is 12.4. The van der Waals surface area contributed by atoms with Crippen LogP contribution >= 0.6 is 0 Å². The fourth-order valence-electron chi connectivity index (χ4n) is 2.18. The van der Waals surface area contributed by atoms with Gasteiger partial charge in [0.25, 0.3) is 0 Å². The molecule has 0 saturated carbocycles. The van der Waals surface area contributed by atoms with E-state index in [2.05, 4.69) is 24.4 Å². The molecule has 0 heterocycles. The van der Waals surface area contributed by atoms with Crippen LogP contribution in [0.15, 0.2) is 12.2 Å². The summed E-state index contributed by atoms with van der Waals surface area (Å²) in [6, 6.07) is 0. The van der Waals surface area contributed by atoms with Gasteiger partial charge in [-0.25, -0.2) is 8.42 Å². The highest BCUT2D eigenvalue weighted by Gasteiger charge is 2.18. The molecule has 118 valence electrons. The Morgan fingerprint density at radius 1 is 1.40 bits per heavy atom. The SMILES string of the molecule is CC1CC=CCC1COCC(O)CNCCS(C)(=O)=O. The lowest BCUT2D eigenvalue weighted by molar-refractivity contribution is 0.0131. The highest BCUT2D eigenvalue weighted by Crippen LogP contribution is 2.24. The smallest absolute Gasteiger partial charge is 0.148 e. The number of ether oxygens (including phenoxy) is 1. The van der Waals surface area contributed by atoms with E-state index in [9.17, 15) is 13.5 Å². The van der Waals surface area contributed by atoms with Crippen molar-refractivity contribution in [2.75, 3.05) is 38.3 Å². The first-order chi connectivity index (χ1) is 9.38. The summed E-state index contributed by atoms with van der Waals surface area (Å²) < 4.78 is 27.4. The molecule has 5 nitrogen and oxygen atoms in total. The van der Waals surface area contributed by atoms with Gasteiger partial charge in [-0.2, -0.15) is 0 Å². The molecule has 1 aliphatic carbocycles. The second-order valence-electron chi connectivity index (χ2n) is 5.71. The Kier molecular flexibility index (Phi) is 7.72. The fraction of sp³-hybridized carbons (Fsp3) is 0.857. The van der Waals surface area contributed by atoms with E-state index in [1.54, 1.807) is 0 Å². The van der Waals surface area contributed by atoms with Gasteiger partial charge in [-0.3, -0.25) is 0 Å². The number of sulfone groups is 1. The third-order valence-corrected chi connectivity index (χ3v) is 4.54. The van der Waals surface area contributed by atoms with Gasteiger partial charge in [0.05, 0.1) is 25.1 Å². The van der Waals surface area contributed by atoms with Gasteiger partial charge in [0.1, 0.15) is 9.84 Å². The first-order valence-electron chi connectivity index (χ1n) is 7.17. The minimum absolute atomic E-state index is 0.0898. The van der Waals surface area contributed by atoms with Crippen LogP contribution in [0.1, 0.15) is 19.8 Å². The standard InChI is InChI=1S/C14H27NO4S/c1-12-5-3-4-6-13(12)10-19-11-14(16)9-15-7-8-20(2,17)18/h3-4,12-16H,5-11H2,1-2H3.